The molecule has 0 aliphatic carbocycles. The molecule has 0 aliphatic heterocycles. The number of fused-ring (bicyclic) bond motifs is 1. The van der Waals surface area contributed by atoms with Crippen LogP contribution in [0.15, 0.2) is 30.5 Å². The van der Waals surface area contributed by atoms with E-state index in [4.69, 9.17) is 28.7 Å². The molecule has 33 nitrogen and oxygen atoms in total. The molecule has 618 valence electrons. The molecule has 0 saturated carbocycles. The van der Waals surface area contributed by atoms with E-state index in [-0.39, 0.29) is 119 Å². The Labute approximate surface area is 643 Å². The van der Waals surface area contributed by atoms with Gasteiger partial charge in [-0.2, -0.15) is 0 Å². The fourth-order valence-corrected chi connectivity index (χ4v) is 12.3. The van der Waals surface area contributed by atoms with Crippen LogP contribution in [0.25, 0.3) is 10.9 Å². The number of amides is 12. The maximum absolute atomic E-state index is 14.5. The molecule has 25 N–H and O–H groups in total. The molecular weight excluding hydrogens is 1400 g/mol. The van der Waals surface area contributed by atoms with Crippen molar-refractivity contribution >= 4 is 87.8 Å². The first-order valence-corrected chi connectivity index (χ1v) is 39.0. The highest BCUT2D eigenvalue weighted by Crippen LogP contribution is 2.21. The summed E-state index contributed by atoms with van der Waals surface area (Å²) >= 11 is 0. The molecule has 0 spiro atoms. The van der Waals surface area contributed by atoms with Crippen LogP contribution in [0.2, 0.25) is 0 Å². The number of nitrogens with one attached hydrogen (secondary N) is 13. The lowest BCUT2D eigenvalue weighted by Crippen LogP contribution is -2.61. The van der Waals surface area contributed by atoms with Gasteiger partial charge in [-0.1, -0.05) is 101 Å². The maximum atomic E-state index is 14.5. The first-order valence-electron chi connectivity index (χ1n) is 39.0. The van der Waals surface area contributed by atoms with Crippen molar-refractivity contribution in [2.45, 2.75) is 278 Å². The van der Waals surface area contributed by atoms with Gasteiger partial charge in [-0.15, -0.1) is 0 Å². The Bertz CT molecular complexity index is 3180. The van der Waals surface area contributed by atoms with Crippen molar-refractivity contribution < 1.29 is 72.5 Å². The standard InChI is InChI=1S/C76H134N18O15/c1-43(2)33-57(66(98)83-41-64(96)84-53(25-15-19-29-77)67(99)89-60(36-46(7)8)72(104)92-58(34-44(3)4)70(102)87-56(76(108)109)28-18-22-32-80)88-71(103)59(35-45(5)6)91-69(101)55(27-17-21-31-79)86-75(107)63(42-95)94-74(106)62(38-48(11)12)93-73(105)61(37-47(9)10)90-68(100)54(26-16-20-30-78)85-65(97)51(81)39-49-40-82-52-24-14-13-23-50(49)52/h13-14,23-24,40,43-48,51,53-63,82,95H,15-22,25-39,41-42,77-81H2,1-12H3,(H,83,98)(H,84,96)(H,85,97)(H,86,107)(H,87,102)(H,88,103)(H,89,99)(H,90,100)(H,91,101)(H,92,104)(H,93,105)(H,94,106)(H,108,109)/t51-,53-,54-,55-,56-,57-,58-,59-,60-,61-,62-,63-/m0/s1. The van der Waals surface area contributed by atoms with Crippen LogP contribution in [0.3, 0.4) is 0 Å². The van der Waals surface area contributed by atoms with Crippen LogP contribution < -0.4 is 92.5 Å². The smallest absolute Gasteiger partial charge is 0.326 e. The molecule has 12 atom stereocenters. The van der Waals surface area contributed by atoms with Gasteiger partial charge in [0.1, 0.15) is 66.5 Å². The molecule has 2 rings (SSSR count). The molecule has 0 aliphatic rings. The lowest BCUT2D eigenvalue weighted by atomic mass is 9.99. The predicted molar refractivity (Wildman–Crippen MR) is 417 cm³/mol. The number of rotatable bonds is 56. The zero-order valence-electron chi connectivity index (χ0n) is 66.5. The maximum Gasteiger partial charge on any atom is 0.326 e. The van der Waals surface area contributed by atoms with Gasteiger partial charge in [-0.05, 0) is 195 Å². The molecule has 0 unspecified atom stereocenters. The van der Waals surface area contributed by atoms with E-state index in [9.17, 15) is 72.5 Å². The largest absolute Gasteiger partial charge is 0.480 e. The average Bonchev–Trinajstić information content (AvgIpc) is 1.71. The predicted octanol–water partition coefficient (Wildman–Crippen LogP) is 0.356. The summed E-state index contributed by atoms with van der Waals surface area (Å²) in [7, 11) is 0. The van der Waals surface area contributed by atoms with Crippen molar-refractivity contribution in [1.82, 2.24) is 68.8 Å². The number of para-hydroxylation sites is 1. The molecule has 0 bridgehead atoms. The number of aliphatic hydroxyl groups excluding tert-OH is 1. The van der Waals surface area contributed by atoms with E-state index in [1.54, 1.807) is 47.7 Å². The van der Waals surface area contributed by atoms with Gasteiger partial charge in [0.15, 0.2) is 0 Å². The number of H-pyrrole nitrogens is 1. The van der Waals surface area contributed by atoms with Crippen molar-refractivity contribution in [2.75, 3.05) is 39.3 Å². The molecule has 33 heteroatoms. The summed E-state index contributed by atoms with van der Waals surface area (Å²) in [4.78, 5) is 185. The normalized spacial score (nSPS) is 14.9. The average molecular weight is 1540 g/mol. The van der Waals surface area contributed by atoms with Gasteiger partial charge >= 0.3 is 5.97 Å². The van der Waals surface area contributed by atoms with Crippen LogP contribution in [0.4, 0.5) is 0 Å². The molecule has 0 radical (unpaired) electrons. The van der Waals surface area contributed by atoms with Crippen LogP contribution in [0.5, 0.6) is 0 Å². The number of carbonyl (C=O) groups is 13. The van der Waals surface area contributed by atoms with Crippen molar-refractivity contribution in [3.63, 3.8) is 0 Å². The lowest BCUT2D eigenvalue weighted by Gasteiger charge is -2.29. The molecule has 109 heavy (non-hydrogen) atoms. The molecule has 0 saturated heterocycles. The summed E-state index contributed by atoms with van der Waals surface area (Å²) in [5.41, 5.74) is 31.1. The SMILES string of the molecule is CC(C)C[C@H](NC(=O)[C@H](CC(C)C)NC(=O)[C@H](CCCCN)NC(=O)[C@H](CO)NC(=O)[C@H](CC(C)C)NC(=O)[C@H](CC(C)C)NC(=O)[C@H](CCCCN)NC(=O)[C@@H](N)Cc1c[nH]c2ccccc12)C(=O)NCC(=O)N[C@@H](CCCCN)C(=O)N[C@@H](CC(C)C)C(=O)N[C@@H](CC(C)C)C(=O)N[C@@H](CCCCN)C(=O)O. The Morgan fingerprint density at radius 1 is 0.358 bits per heavy atom. The second-order valence-electron chi connectivity index (χ2n) is 31.1. The van der Waals surface area contributed by atoms with E-state index < -0.39 is 163 Å². The molecule has 2 aromatic rings. The van der Waals surface area contributed by atoms with E-state index in [1.807, 2.05) is 65.8 Å². The Morgan fingerprint density at radius 3 is 0.963 bits per heavy atom. The van der Waals surface area contributed by atoms with Gasteiger partial charge < -0.3 is 108 Å². The molecule has 1 aromatic heterocycles. The fourth-order valence-electron chi connectivity index (χ4n) is 12.3. The summed E-state index contributed by atoms with van der Waals surface area (Å²) in [5, 5.41) is 53.5. The van der Waals surface area contributed by atoms with Crippen molar-refractivity contribution in [2.24, 2.45) is 64.2 Å². The Balaban J connectivity index is 2.34. The number of aliphatic carboxylic acids is 1. The second kappa shape index (κ2) is 51.9. The van der Waals surface area contributed by atoms with E-state index >= 15 is 0 Å². The summed E-state index contributed by atoms with van der Waals surface area (Å²) in [6.07, 6.45) is 6.34. The third kappa shape index (κ3) is 37.7. The van der Waals surface area contributed by atoms with Crippen LogP contribution >= 0.6 is 0 Å². The number of benzene rings is 1. The number of unbranched alkanes of at least 4 members (excludes halogenated alkanes) is 4. The number of aliphatic hydroxyl groups is 1. The molecule has 0 fully saturated rings. The van der Waals surface area contributed by atoms with Gasteiger partial charge in [0.2, 0.25) is 70.9 Å². The first kappa shape index (κ1) is 96.7. The number of hydrogen-bond acceptors (Lipinski definition) is 19. The van der Waals surface area contributed by atoms with E-state index in [2.05, 4.69) is 68.8 Å². The lowest BCUT2D eigenvalue weighted by molar-refractivity contribution is -0.142. The highest BCUT2D eigenvalue weighted by Gasteiger charge is 2.37. The number of carboxylic acids is 1. The Hall–Kier alpha value is -8.37. The van der Waals surface area contributed by atoms with Gasteiger partial charge in [0, 0.05) is 17.1 Å². The third-order valence-electron chi connectivity index (χ3n) is 18.1. The minimum atomic E-state index is -1.68. The monoisotopic (exact) mass is 1540 g/mol. The minimum absolute atomic E-state index is 0.0152. The molecule has 1 aromatic carbocycles. The highest BCUT2D eigenvalue weighted by atomic mass is 16.4. The summed E-state index contributed by atoms with van der Waals surface area (Å²) in [5.74, 6) is -11.6. The van der Waals surface area contributed by atoms with Crippen molar-refractivity contribution in [1.29, 1.82) is 0 Å². The zero-order valence-corrected chi connectivity index (χ0v) is 66.5. The zero-order chi connectivity index (χ0) is 82.0. The molecule has 1 heterocycles. The minimum Gasteiger partial charge on any atom is -0.480 e. The first-order chi connectivity index (χ1) is 51.5. The van der Waals surface area contributed by atoms with Crippen molar-refractivity contribution in [3.05, 3.63) is 36.0 Å². The van der Waals surface area contributed by atoms with Crippen LogP contribution in [-0.2, 0) is 68.7 Å². The van der Waals surface area contributed by atoms with Crippen molar-refractivity contribution in [3.8, 4) is 0 Å². The van der Waals surface area contributed by atoms with E-state index in [0.29, 0.717) is 64.5 Å². The van der Waals surface area contributed by atoms with E-state index in [0.717, 1.165) is 16.5 Å². The van der Waals surface area contributed by atoms with E-state index in [1.165, 1.54) is 0 Å². The van der Waals surface area contributed by atoms with Crippen LogP contribution in [-0.4, -0.2) is 204 Å². The summed E-state index contributed by atoms with van der Waals surface area (Å²) in [6, 6.07) is -7.60. The third-order valence-corrected chi connectivity index (χ3v) is 18.1. The number of hydrogen-bond donors (Lipinski definition) is 20. The van der Waals surface area contributed by atoms with Crippen LogP contribution in [0, 0.1) is 35.5 Å². The van der Waals surface area contributed by atoms with Gasteiger partial charge in [-0.25, -0.2) is 4.79 Å². The van der Waals surface area contributed by atoms with Gasteiger partial charge in [0.25, 0.3) is 0 Å². The molecular formula is C76H134N18O15. The second-order valence-corrected chi connectivity index (χ2v) is 31.1. The highest BCUT2D eigenvalue weighted by molar-refractivity contribution is 5.99. The summed E-state index contributed by atoms with van der Waals surface area (Å²) in [6.45, 7) is 21.3. The number of nitrogens with two attached hydrogens (primary N) is 5. The number of carbonyl (C=O) groups excluding carboxylic acids is 12. The van der Waals surface area contributed by atoms with Gasteiger partial charge in [0.05, 0.1) is 19.2 Å². The van der Waals surface area contributed by atoms with Crippen LogP contribution in [0.1, 0.15) is 204 Å². The Kier molecular flexibility index (Phi) is 46.1. The quantitative estimate of drug-likeness (QED) is 0.0398. The number of aromatic amines is 1. The topological polar surface area (TPSA) is 553 Å². The Morgan fingerprint density at radius 2 is 0.633 bits per heavy atom. The number of carboxylic acid groups (broad SMARTS) is 1. The number of aromatic nitrogens is 1. The molecule has 12 amide bonds. The summed E-state index contributed by atoms with van der Waals surface area (Å²) < 4.78 is 0. The fraction of sp³-hybridized carbons (Fsp3) is 0.724. The van der Waals surface area contributed by atoms with Gasteiger partial charge in [-0.3, -0.25) is 57.5 Å².